The maximum absolute atomic E-state index is 13.2. The van der Waals surface area contributed by atoms with Crippen molar-refractivity contribution in [1.29, 1.82) is 0 Å². The van der Waals surface area contributed by atoms with Crippen LogP contribution in [0.2, 0.25) is 0 Å². The lowest BCUT2D eigenvalue weighted by atomic mass is 9.98. The summed E-state index contributed by atoms with van der Waals surface area (Å²) in [6.07, 6.45) is 3.07. The van der Waals surface area contributed by atoms with Crippen LogP contribution in [0.25, 0.3) is 0 Å². The van der Waals surface area contributed by atoms with E-state index in [4.69, 9.17) is 5.73 Å². The van der Waals surface area contributed by atoms with Crippen LogP contribution in [0.15, 0.2) is 18.2 Å². The van der Waals surface area contributed by atoms with Crippen LogP contribution in [-0.4, -0.2) is 19.1 Å². The quantitative estimate of drug-likeness (QED) is 0.895. The number of halogens is 2. The summed E-state index contributed by atoms with van der Waals surface area (Å²) >= 11 is 0. The number of nitrogens with two attached hydrogens (primary N) is 1. The SMILES string of the molecule is CCC(N)CC1CCN(c2ccc(F)c(F)c2)C1. The lowest BCUT2D eigenvalue weighted by Crippen LogP contribution is -2.25. The highest BCUT2D eigenvalue weighted by atomic mass is 19.2. The van der Waals surface area contributed by atoms with Gasteiger partial charge in [-0.05, 0) is 37.3 Å². The Hall–Kier alpha value is -1.16. The van der Waals surface area contributed by atoms with Crippen LogP contribution in [0.4, 0.5) is 14.5 Å². The minimum absolute atomic E-state index is 0.250. The summed E-state index contributed by atoms with van der Waals surface area (Å²) in [5, 5.41) is 0. The minimum atomic E-state index is -0.789. The third kappa shape index (κ3) is 2.99. The molecule has 0 amide bonds. The van der Waals surface area contributed by atoms with Crippen molar-refractivity contribution in [2.45, 2.75) is 32.2 Å². The number of nitrogens with zero attached hydrogens (tertiary/aromatic N) is 1. The third-order valence-electron chi connectivity index (χ3n) is 3.71. The van der Waals surface area contributed by atoms with Crippen LogP contribution in [-0.2, 0) is 0 Å². The van der Waals surface area contributed by atoms with Gasteiger partial charge >= 0.3 is 0 Å². The van der Waals surface area contributed by atoms with Crippen molar-refractivity contribution in [3.05, 3.63) is 29.8 Å². The molecule has 100 valence electrons. The van der Waals surface area contributed by atoms with Gasteiger partial charge in [0.1, 0.15) is 0 Å². The second-order valence-electron chi connectivity index (χ2n) is 5.10. The first-order valence-electron chi connectivity index (χ1n) is 6.55. The van der Waals surface area contributed by atoms with E-state index in [9.17, 15) is 8.78 Å². The van der Waals surface area contributed by atoms with Crippen molar-refractivity contribution in [3.8, 4) is 0 Å². The lowest BCUT2D eigenvalue weighted by Gasteiger charge is -2.20. The van der Waals surface area contributed by atoms with Crippen molar-refractivity contribution in [2.75, 3.05) is 18.0 Å². The minimum Gasteiger partial charge on any atom is -0.371 e. The molecule has 0 aromatic heterocycles. The first kappa shape index (κ1) is 13.3. The van der Waals surface area contributed by atoms with Crippen LogP contribution < -0.4 is 10.6 Å². The van der Waals surface area contributed by atoms with Gasteiger partial charge in [-0.2, -0.15) is 0 Å². The zero-order chi connectivity index (χ0) is 13.1. The number of anilines is 1. The molecule has 1 saturated heterocycles. The smallest absolute Gasteiger partial charge is 0.160 e. The van der Waals surface area contributed by atoms with Crippen molar-refractivity contribution in [3.63, 3.8) is 0 Å². The fraction of sp³-hybridized carbons (Fsp3) is 0.571. The molecule has 2 unspecified atom stereocenters. The average molecular weight is 254 g/mol. The summed E-state index contributed by atoms with van der Waals surface area (Å²) in [6, 6.07) is 4.35. The van der Waals surface area contributed by atoms with Crippen molar-refractivity contribution >= 4 is 5.69 Å². The van der Waals surface area contributed by atoms with E-state index in [1.807, 2.05) is 0 Å². The van der Waals surface area contributed by atoms with Gasteiger partial charge in [-0.15, -0.1) is 0 Å². The standard InChI is InChI=1S/C14H20F2N2/c1-2-11(17)7-10-5-6-18(9-10)12-3-4-13(15)14(16)8-12/h3-4,8,10-11H,2,5-7,9,17H2,1H3. The van der Waals surface area contributed by atoms with Crippen LogP contribution in [0.1, 0.15) is 26.2 Å². The fourth-order valence-electron chi connectivity index (χ4n) is 2.54. The van der Waals surface area contributed by atoms with E-state index < -0.39 is 11.6 Å². The number of hydrogen-bond donors (Lipinski definition) is 1. The van der Waals surface area contributed by atoms with Crippen molar-refractivity contribution < 1.29 is 8.78 Å². The van der Waals surface area contributed by atoms with E-state index in [2.05, 4.69) is 11.8 Å². The average Bonchev–Trinajstić information content (AvgIpc) is 2.81. The van der Waals surface area contributed by atoms with Crippen LogP contribution >= 0.6 is 0 Å². The maximum atomic E-state index is 13.2. The molecule has 1 aromatic rings. The van der Waals surface area contributed by atoms with E-state index in [0.29, 0.717) is 5.92 Å². The van der Waals surface area contributed by atoms with Crippen molar-refractivity contribution in [1.82, 2.24) is 0 Å². The van der Waals surface area contributed by atoms with E-state index >= 15 is 0 Å². The summed E-state index contributed by atoms with van der Waals surface area (Å²) in [7, 11) is 0. The molecule has 1 heterocycles. The van der Waals surface area contributed by atoms with Gasteiger partial charge in [0.2, 0.25) is 0 Å². The molecule has 4 heteroatoms. The largest absolute Gasteiger partial charge is 0.371 e. The van der Waals surface area contributed by atoms with E-state index in [1.54, 1.807) is 6.07 Å². The van der Waals surface area contributed by atoms with Gasteiger partial charge in [-0.25, -0.2) is 8.78 Å². The topological polar surface area (TPSA) is 29.3 Å². The Morgan fingerprint density at radius 2 is 2.17 bits per heavy atom. The second kappa shape index (κ2) is 5.65. The summed E-state index contributed by atoms with van der Waals surface area (Å²) in [6.45, 7) is 3.87. The van der Waals surface area contributed by atoms with Gasteiger partial charge in [-0.1, -0.05) is 6.92 Å². The number of rotatable bonds is 4. The highest BCUT2D eigenvalue weighted by molar-refractivity contribution is 5.47. The Morgan fingerprint density at radius 1 is 1.39 bits per heavy atom. The molecule has 2 nitrogen and oxygen atoms in total. The van der Waals surface area contributed by atoms with Crippen molar-refractivity contribution in [2.24, 2.45) is 11.7 Å². The summed E-state index contributed by atoms with van der Waals surface area (Å²) in [5.74, 6) is -1.00. The Labute approximate surface area is 107 Å². The Kier molecular flexibility index (Phi) is 4.17. The maximum Gasteiger partial charge on any atom is 0.160 e. The molecule has 1 fully saturated rings. The van der Waals surface area contributed by atoms with E-state index in [-0.39, 0.29) is 6.04 Å². The molecule has 2 atom stereocenters. The van der Waals surface area contributed by atoms with E-state index in [0.717, 1.165) is 38.0 Å². The summed E-state index contributed by atoms with van der Waals surface area (Å²) in [5.41, 5.74) is 6.72. The molecule has 1 aromatic carbocycles. The predicted octanol–water partition coefficient (Wildman–Crippen LogP) is 2.92. The Bertz CT molecular complexity index is 409. The molecule has 18 heavy (non-hydrogen) atoms. The van der Waals surface area contributed by atoms with Gasteiger partial charge in [0.15, 0.2) is 11.6 Å². The zero-order valence-electron chi connectivity index (χ0n) is 10.7. The molecule has 2 rings (SSSR count). The molecular weight excluding hydrogens is 234 g/mol. The third-order valence-corrected chi connectivity index (χ3v) is 3.71. The summed E-state index contributed by atoms with van der Waals surface area (Å²) in [4.78, 5) is 2.11. The normalized spacial score (nSPS) is 21.3. The monoisotopic (exact) mass is 254 g/mol. The molecule has 0 saturated carbocycles. The molecule has 1 aliphatic rings. The van der Waals surface area contributed by atoms with Gasteiger partial charge in [0.05, 0.1) is 0 Å². The Morgan fingerprint density at radius 3 is 2.83 bits per heavy atom. The molecule has 0 aliphatic carbocycles. The molecule has 1 aliphatic heterocycles. The summed E-state index contributed by atoms with van der Waals surface area (Å²) < 4.78 is 26.0. The first-order valence-corrected chi connectivity index (χ1v) is 6.55. The van der Waals surface area contributed by atoms with Crippen LogP contribution in [0.3, 0.4) is 0 Å². The van der Waals surface area contributed by atoms with E-state index in [1.165, 1.54) is 12.1 Å². The molecule has 2 N–H and O–H groups in total. The lowest BCUT2D eigenvalue weighted by molar-refractivity contribution is 0.458. The van der Waals surface area contributed by atoms with Gasteiger partial charge in [-0.3, -0.25) is 0 Å². The Balaban J connectivity index is 1.97. The number of benzene rings is 1. The van der Waals surface area contributed by atoms with Crippen LogP contribution in [0, 0.1) is 17.6 Å². The molecule has 0 spiro atoms. The first-order chi connectivity index (χ1) is 8.60. The number of hydrogen-bond acceptors (Lipinski definition) is 2. The zero-order valence-corrected chi connectivity index (χ0v) is 10.7. The molecular formula is C14H20F2N2. The predicted molar refractivity (Wildman–Crippen MR) is 69.6 cm³/mol. The molecule has 0 bridgehead atoms. The fourth-order valence-corrected chi connectivity index (χ4v) is 2.54. The van der Waals surface area contributed by atoms with Crippen LogP contribution in [0.5, 0.6) is 0 Å². The molecule has 0 radical (unpaired) electrons. The highest BCUT2D eigenvalue weighted by Crippen LogP contribution is 2.27. The van der Waals surface area contributed by atoms with Gasteiger partial charge in [0.25, 0.3) is 0 Å². The van der Waals surface area contributed by atoms with Gasteiger partial charge in [0, 0.05) is 30.9 Å². The second-order valence-corrected chi connectivity index (χ2v) is 5.10. The highest BCUT2D eigenvalue weighted by Gasteiger charge is 2.24. The van der Waals surface area contributed by atoms with Gasteiger partial charge < -0.3 is 10.6 Å².